The van der Waals surface area contributed by atoms with Crippen LogP contribution in [0.3, 0.4) is 0 Å². The third-order valence-electron chi connectivity index (χ3n) is 6.23. The third-order valence-corrected chi connectivity index (χ3v) is 7.39. The number of ketones is 1. The highest BCUT2D eigenvalue weighted by Gasteiger charge is 2.20. The van der Waals surface area contributed by atoms with Crippen molar-refractivity contribution in [2.45, 2.75) is 45.6 Å². The number of fused-ring (bicyclic) bond motifs is 1. The molecule has 1 heterocycles. The van der Waals surface area contributed by atoms with Crippen molar-refractivity contribution >= 4 is 50.5 Å². The Bertz CT molecular complexity index is 1380. The smallest absolute Gasteiger partial charge is 0.303 e. The zero-order valence-electron chi connectivity index (χ0n) is 21.6. The van der Waals surface area contributed by atoms with Gasteiger partial charge in [0.2, 0.25) is 5.91 Å². The topological polar surface area (TPSA) is 95.5 Å². The fraction of sp³-hybridized carbons (Fsp3) is 0.258. The molecule has 0 bridgehead atoms. The molecule has 7 heteroatoms. The summed E-state index contributed by atoms with van der Waals surface area (Å²) in [5.41, 5.74) is 3.12. The van der Waals surface area contributed by atoms with Gasteiger partial charge in [-0.25, -0.2) is 0 Å². The van der Waals surface area contributed by atoms with Gasteiger partial charge in [-0.3, -0.25) is 14.4 Å². The highest BCUT2D eigenvalue weighted by Crippen LogP contribution is 2.33. The van der Waals surface area contributed by atoms with E-state index >= 15 is 0 Å². The van der Waals surface area contributed by atoms with Crippen LogP contribution in [0.4, 0.5) is 11.4 Å². The molecule has 3 aromatic carbocycles. The maximum absolute atomic E-state index is 13.2. The fourth-order valence-electron chi connectivity index (χ4n) is 4.27. The zero-order chi connectivity index (χ0) is 27.1. The van der Waals surface area contributed by atoms with E-state index in [1.54, 1.807) is 35.6 Å². The Labute approximate surface area is 226 Å². The van der Waals surface area contributed by atoms with Gasteiger partial charge in [-0.15, -0.1) is 11.3 Å². The summed E-state index contributed by atoms with van der Waals surface area (Å²) < 4.78 is 1.25. The van der Waals surface area contributed by atoms with E-state index in [4.69, 9.17) is 5.11 Å². The molecule has 0 aliphatic heterocycles. The summed E-state index contributed by atoms with van der Waals surface area (Å²) in [6, 6.07) is 24.9. The van der Waals surface area contributed by atoms with Crippen LogP contribution < -0.4 is 10.6 Å². The lowest BCUT2D eigenvalue weighted by molar-refractivity contribution is -0.137. The predicted molar refractivity (Wildman–Crippen MR) is 155 cm³/mol. The van der Waals surface area contributed by atoms with E-state index in [-0.39, 0.29) is 24.5 Å². The number of amides is 1. The lowest BCUT2D eigenvalue weighted by Gasteiger charge is -2.21. The molecule has 0 spiro atoms. The Balaban J connectivity index is 1.39. The lowest BCUT2D eigenvalue weighted by Crippen LogP contribution is -2.35. The Morgan fingerprint density at radius 1 is 0.868 bits per heavy atom. The van der Waals surface area contributed by atoms with Crippen molar-refractivity contribution in [1.29, 1.82) is 0 Å². The molecular formula is C31H32N2O4S. The summed E-state index contributed by atoms with van der Waals surface area (Å²) >= 11 is 1.75. The van der Waals surface area contributed by atoms with Gasteiger partial charge in [0.1, 0.15) is 6.04 Å². The number of carbonyl (C=O) groups is 3. The zero-order valence-corrected chi connectivity index (χ0v) is 22.4. The van der Waals surface area contributed by atoms with Gasteiger partial charge in [-0.2, -0.15) is 0 Å². The van der Waals surface area contributed by atoms with Crippen LogP contribution in [-0.4, -0.2) is 28.8 Å². The number of Topliss-reactive ketones (excluding diaryl/α,β-unsaturated/α-hetero) is 1. The quantitative estimate of drug-likeness (QED) is 0.166. The van der Waals surface area contributed by atoms with Crippen molar-refractivity contribution < 1.29 is 19.5 Å². The standard InChI is InChI=1S/C31H32N2O4S/c1-20(2)18-26(32-24-14-10-21(11-15-24)27(34)7-5-9-30(35)36)31(37)33-25-16-12-22(13-17-25)29-19-23-6-3-4-8-28(23)38-29/h3-4,6,8,10-17,19-20,26,32H,5,7,9,18H2,1-2H3,(H,33,37)(H,35,36)/t26-/m0/s1. The van der Waals surface area contributed by atoms with Gasteiger partial charge in [0.05, 0.1) is 0 Å². The number of anilines is 2. The first-order chi connectivity index (χ1) is 18.3. The Hall–Kier alpha value is -3.97. The second-order valence-corrected chi connectivity index (χ2v) is 10.9. The molecule has 4 aromatic rings. The molecular weight excluding hydrogens is 496 g/mol. The third kappa shape index (κ3) is 7.29. The molecule has 1 aromatic heterocycles. The number of hydrogen-bond acceptors (Lipinski definition) is 5. The van der Waals surface area contributed by atoms with E-state index in [1.165, 1.54) is 15.0 Å². The van der Waals surface area contributed by atoms with Crippen LogP contribution >= 0.6 is 11.3 Å². The number of hydrogen-bond donors (Lipinski definition) is 3. The van der Waals surface area contributed by atoms with Gasteiger partial charge in [0.25, 0.3) is 0 Å². The number of rotatable bonds is 12. The SMILES string of the molecule is CC(C)C[C@H](Nc1ccc(C(=O)CCCC(=O)O)cc1)C(=O)Nc1ccc(-c2cc3ccccc3s2)cc1. The molecule has 0 aliphatic carbocycles. The fourth-order valence-corrected chi connectivity index (χ4v) is 5.34. The van der Waals surface area contributed by atoms with Crippen molar-refractivity contribution in [3.8, 4) is 10.4 Å². The highest BCUT2D eigenvalue weighted by molar-refractivity contribution is 7.22. The summed E-state index contributed by atoms with van der Waals surface area (Å²) in [6.07, 6.45) is 1.13. The molecule has 6 nitrogen and oxygen atoms in total. The maximum Gasteiger partial charge on any atom is 0.303 e. The first kappa shape index (κ1) is 27.1. The van der Waals surface area contributed by atoms with E-state index in [0.29, 0.717) is 24.3 Å². The molecule has 4 rings (SSSR count). The predicted octanol–water partition coefficient (Wildman–Crippen LogP) is 7.47. The second kappa shape index (κ2) is 12.5. The number of benzene rings is 3. The average Bonchev–Trinajstić information content (AvgIpc) is 3.33. The monoisotopic (exact) mass is 528 g/mol. The molecule has 0 fully saturated rings. The van der Waals surface area contributed by atoms with Crippen LogP contribution in [0.25, 0.3) is 20.5 Å². The van der Waals surface area contributed by atoms with Gasteiger partial charge < -0.3 is 15.7 Å². The first-order valence-electron chi connectivity index (χ1n) is 12.8. The minimum atomic E-state index is -0.904. The van der Waals surface area contributed by atoms with Crippen molar-refractivity contribution in [3.05, 3.63) is 84.4 Å². The second-order valence-electron chi connectivity index (χ2n) is 9.79. The molecule has 0 aliphatic rings. The number of aliphatic carboxylic acids is 1. The van der Waals surface area contributed by atoms with Gasteiger partial charge in [-0.1, -0.05) is 44.2 Å². The summed E-state index contributed by atoms with van der Waals surface area (Å²) in [7, 11) is 0. The molecule has 0 radical (unpaired) electrons. The normalized spacial score (nSPS) is 11.9. The minimum Gasteiger partial charge on any atom is -0.481 e. The Kier molecular flexibility index (Phi) is 8.92. The van der Waals surface area contributed by atoms with Gasteiger partial charge in [0.15, 0.2) is 5.78 Å². The summed E-state index contributed by atoms with van der Waals surface area (Å²) in [4.78, 5) is 37.4. The number of carboxylic acid groups (broad SMARTS) is 1. The van der Waals surface area contributed by atoms with Crippen molar-refractivity contribution in [2.75, 3.05) is 10.6 Å². The van der Waals surface area contributed by atoms with E-state index in [9.17, 15) is 14.4 Å². The van der Waals surface area contributed by atoms with Gasteiger partial charge in [0, 0.05) is 39.4 Å². The summed E-state index contributed by atoms with van der Waals surface area (Å²) in [5, 5.41) is 16.3. The first-order valence-corrected chi connectivity index (χ1v) is 13.6. The van der Waals surface area contributed by atoms with Crippen LogP contribution in [0.15, 0.2) is 78.9 Å². The largest absolute Gasteiger partial charge is 0.481 e. The van der Waals surface area contributed by atoms with E-state index < -0.39 is 12.0 Å². The highest BCUT2D eigenvalue weighted by atomic mass is 32.1. The number of carboxylic acids is 1. The molecule has 38 heavy (non-hydrogen) atoms. The van der Waals surface area contributed by atoms with Gasteiger partial charge in [-0.05, 0) is 78.2 Å². The molecule has 1 atom stereocenters. The number of carbonyl (C=O) groups excluding carboxylic acids is 2. The van der Waals surface area contributed by atoms with Crippen molar-refractivity contribution in [1.82, 2.24) is 0 Å². The Morgan fingerprint density at radius 2 is 1.55 bits per heavy atom. The molecule has 0 saturated carbocycles. The maximum atomic E-state index is 13.2. The van der Waals surface area contributed by atoms with Crippen LogP contribution in [0, 0.1) is 5.92 Å². The van der Waals surface area contributed by atoms with Crippen LogP contribution in [0.5, 0.6) is 0 Å². The van der Waals surface area contributed by atoms with E-state index in [1.807, 2.05) is 36.4 Å². The number of thiophene rings is 1. The van der Waals surface area contributed by atoms with Crippen molar-refractivity contribution in [2.24, 2.45) is 5.92 Å². The summed E-state index contributed by atoms with van der Waals surface area (Å²) in [5.74, 6) is -0.821. The van der Waals surface area contributed by atoms with Crippen LogP contribution in [-0.2, 0) is 9.59 Å². The summed E-state index contributed by atoms with van der Waals surface area (Å²) in [6.45, 7) is 4.14. The van der Waals surface area contributed by atoms with E-state index in [2.05, 4.69) is 42.7 Å². The molecule has 0 unspecified atom stereocenters. The lowest BCUT2D eigenvalue weighted by atomic mass is 10.0. The number of nitrogens with one attached hydrogen (secondary N) is 2. The molecule has 3 N–H and O–H groups in total. The van der Waals surface area contributed by atoms with Crippen molar-refractivity contribution in [3.63, 3.8) is 0 Å². The van der Waals surface area contributed by atoms with E-state index in [0.717, 1.165) is 16.9 Å². The molecule has 1 amide bonds. The minimum absolute atomic E-state index is 0.0226. The Morgan fingerprint density at radius 3 is 2.21 bits per heavy atom. The average molecular weight is 529 g/mol. The molecule has 0 saturated heterocycles. The van der Waals surface area contributed by atoms with Gasteiger partial charge >= 0.3 is 5.97 Å². The van der Waals surface area contributed by atoms with Crippen LogP contribution in [0.2, 0.25) is 0 Å². The molecule has 196 valence electrons. The van der Waals surface area contributed by atoms with Crippen LogP contribution in [0.1, 0.15) is 49.9 Å².